The van der Waals surface area contributed by atoms with Crippen LogP contribution < -0.4 is 11.1 Å². The lowest BCUT2D eigenvalue weighted by atomic mass is 10.0. The van der Waals surface area contributed by atoms with Crippen molar-refractivity contribution >= 4 is 0 Å². The molecule has 3 N–H and O–H groups in total. The van der Waals surface area contributed by atoms with E-state index in [1.165, 1.54) is 77.0 Å². The van der Waals surface area contributed by atoms with Gasteiger partial charge in [0.05, 0.1) is 12.3 Å². The number of rotatable bonds is 14. The van der Waals surface area contributed by atoms with Crippen LogP contribution in [0.1, 0.15) is 84.0 Å². The Labute approximate surface area is 138 Å². The van der Waals surface area contributed by atoms with Gasteiger partial charge in [-0.2, -0.15) is 0 Å². The van der Waals surface area contributed by atoms with E-state index in [0.29, 0.717) is 6.17 Å². The molecule has 0 amide bonds. The van der Waals surface area contributed by atoms with Gasteiger partial charge in [-0.1, -0.05) is 57.4 Å². The molecule has 0 aromatic heterocycles. The Balaban J connectivity index is 1.83. The monoisotopic (exact) mass is 307 g/mol. The third kappa shape index (κ3) is 8.47. The van der Waals surface area contributed by atoms with E-state index in [9.17, 15) is 0 Å². The van der Waals surface area contributed by atoms with Crippen LogP contribution in [0.3, 0.4) is 0 Å². The molecule has 0 fully saturated rings. The topological polar surface area (TPSA) is 41.3 Å². The van der Waals surface area contributed by atoms with E-state index in [2.05, 4.69) is 23.0 Å². The highest BCUT2D eigenvalue weighted by molar-refractivity contribution is 4.95. The third-order valence-corrected chi connectivity index (χ3v) is 4.50. The number of nitrogens with zero attached hydrogens (tertiary/aromatic N) is 1. The minimum atomic E-state index is 0.0997. The summed E-state index contributed by atoms with van der Waals surface area (Å²) < 4.78 is 0. The third-order valence-electron chi connectivity index (χ3n) is 4.50. The van der Waals surface area contributed by atoms with Crippen LogP contribution >= 0.6 is 0 Å². The Morgan fingerprint density at radius 3 is 2.14 bits per heavy atom. The van der Waals surface area contributed by atoms with Crippen LogP contribution in [-0.2, 0) is 0 Å². The van der Waals surface area contributed by atoms with Crippen molar-refractivity contribution in [1.29, 1.82) is 0 Å². The van der Waals surface area contributed by atoms with Crippen molar-refractivity contribution in [2.45, 2.75) is 96.3 Å². The number of hydrogen-bond acceptors (Lipinski definition) is 3. The number of hydrogen-bond donors (Lipinski definition) is 2. The number of nitrogens with two attached hydrogens (primary N) is 1. The average Bonchev–Trinajstić information content (AvgIpc) is 2.97. The maximum atomic E-state index is 5.95. The summed E-state index contributed by atoms with van der Waals surface area (Å²) in [4.78, 5) is 2.21. The molecule has 0 aromatic rings. The largest absolute Gasteiger partial charge is 0.370 e. The van der Waals surface area contributed by atoms with Crippen LogP contribution in [0.15, 0.2) is 25.1 Å². The van der Waals surface area contributed by atoms with E-state index in [4.69, 9.17) is 5.73 Å². The molecule has 0 saturated carbocycles. The Kier molecular flexibility index (Phi) is 10.9. The first-order valence-electron chi connectivity index (χ1n) is 9.32. The fraction of sp³-hybridized carbons (Fsp3) is 0.789. The molecule has 2 atom stereocenters. The molecule has 3 heteroatoms. The van der Waals surface area contributed by atoms with Gasteiger partial charge in [0.25, 0.3) is 0 Å². The van der Waals surface area contributed by atoms with E-state index < -0.39 is 0 Å². The molecule has 1 heterocycles. The standard InChI is InChI=1S/C19H37N3/c1-3-4-5-6-7-8-9-10-11-12-13-14-15-19-21-16-17-22(19)18(2)20/h3,16-19,21H,1,4-15,20H2,2H3. The van der Waals surface area contributed by atoms with Crippen LogP contribution in [0, 0.1) is 0 Å². The van der Waals surface area contributed by atoms with E-state index in [0.717, 1.165) is 0 Å². The molecule has 0 radical (unpaired) electrons. The zero-order valence-corrected chi connectivity index (χ0v) is 14.6. The molecule has 1 aliphatic heterocycles. The normalized spacial score (nSPS) is 18.5. The van der Waals surface area contributed by atoms with Crippen molar-refractivity contribution in [3.63, 3.8) is 0 Å². The second kappa shape index (κ2) is 12.6. The Morgan fingerprint density at radius 2 is 1.59 bits per heavy atom. The second-order valence-electron chi connectivity index (χ2n) is 6.59. The molecular formula is C19H37N3. The van der Waals surface area contributed by atoms with Gasteiger partial charge in [0.1, 0.15) is 0 Å². The van der Waals surface area contributed by atoms with Crippen molar-refractivity contribution in [1.82, 2.24) is 10.2 Å². The molecule has 1 aliphatic rings. The number of nitrogens with one attached hydrogen (secondary N) is 1. The highest BCUT2D eigenvalue weighted by Crippen LogP contribution is 2.16. The minimum Gasteiger partial charge on any atom is -0.370 e. The average molecular weight is 308 g/mol. The van der Waals surface area contributed by atoms with Crippen molar-refractivity contribution in [2.24, 2.45) is 5.73 Å². The van der Waals surface area contributed by atoms with Crippen LogP contribution in [0.4, 0.5) is 0 Å². The molecule has 0 saturated heterocycles. The first-order valence-corrected chi connectivity index (χ1v) is 9.32. The fourth-order valence-electron chi connectivity index (χ4n) is 3.12. The smallest absolute Gasteiger partial charge is 0.0995 e. The molecule has 22 heavy (non-hydrogen) atoms. The summed E-state index contributed by atoms with van der Waals surface area (Å²) in [6, 6.07) is 0. The van der Waals surface area contributed by atoms with Gasteiger partial charge in [0.2, 0.25) is 0 Å². The Morgan fingerprint density at radius 1 is 1.05 bits per heavy atom. The number of unbranched alkanes of at least 4 members (excludes halogenated alkanes) is 10. The van der Waals surface area contributed by atoms with Gasteiger partial charge >= 0.3 is 0 Å². The summed E-state index contributed by atoms with van der Waals surface area (Å²) in [6.45, 7) is 5.81. The van der Waals surface area contributed by atoms with E-state index >= 15 is 0 Å². The lowest BCUT2D eigenvalue weighted by Gasteiger charge is -2.28. The van der Waals surface area contributed by atoms with E-state index in [1.54, 1.807) is 0 Å². The highest BCUT2D eigenvalue weighted by atomic mass is 15.3. The summed E-state index contributed by atoms with van der Waals surface area (Å²) in [5.41, 5.74) is 5.95. The lowest BCUT2D eigenvalue weighted by molar-refractivity contribution is 0.208. The summed E-state index contributed by atoms with van der Waals surface area (Å²) in [6.07, 6.45) is 22.8. The summed E-state index contributed by atoms with van der Waals surface area (Å²) in [5, 5.41) is 3.39. The van der Waals surface area contributed by atoms with Gasteiger partial charge in [0, 0.05) is 12.4 Å². The second-order valence-corrected chi connectivity index (χ2v) is 6.59. The fourth-order valence-corrected chi connectivity index (χ4v) is 3.12. The van der Waals surface area contributed by atoms with E-state index in [-0.39, 0.29) is 6.17 Å². The zero-order chi connectivity index (χ0) is 16.0. The molecule has 0 aromatic carbocycles. The van der Waals surface area contributed by atoms with Gasteiger partial charge in [-0.05, 0) is 32.6 Å². The minimum absolute atomic E-state index is 0.0997. The molecule has 2 unspecified atom stereocenters. The Hall–Kier alpha value is -0.960. The summed E-state index contributed by atoms with van der Waals surface area (Å²) in [7, 11) is 0. The molecule has 0 spiro atoms. The maximum Gasteiger partial charge on any atom is 0.0995 e. The summed E-state index contributed by atoms with van der Waals surface area (Å²) in [5.74, 6) is 0. The highest BCUT2D eigenvalue weighted by Gasteiger charge is 2.20. The van der Waals surface area contributed by atoms with Crippen molar-refractivity contribution < 1.29 is 0 Å². The SMILES string of the molecule is C=CCCCCCCCCCCCCC1NC=CN1C(C)N. The molecule has 0 aliphatic carbocycles. The molecule has 0 bridgehead atoms. The van der Waals surface area contributed by atoms with Gasteiger partial charge in [0.15, 0.2) is 0 Å². The molecule has 128 valence electrons. The van der Waals surface area contributed by atoms with Crippen LogP contribution in [0.2, 0.25) is 0 Å². The molecule has 1 rings (SSSR count). The van der Waals surface area contributed by atoms with Gasteiger partial charge < -0.3 is 16.0 Å². The van der Waals surface area contributed by atoms with Crippen molar-refractivity contribution in [3.8, 4) is 0 Å². The molecular weight excluding hydrogens is 270 g/mol. The lowest BCUT2D eigenvalue weighted by Crippen LogP contribution is -2.44. The predicted octanol–water partition coefficient (Wildman–Crippen LogP) is 4.86. The van der Waals surface area contributed by atoms with Crippen LogP contribution in [0.25, 0.3) is 0 Å². The number of allylic oxidation sites excluding steroid dienone is 1. The van der Waals surface area contributed by atoms with Crippen LogP contribution in [-0.4, -0.2) is 17.2 Å². The van der Waals surface area contributed by atoms with Crippen molar-refractivity contribution in [2.75, 3.05) is 0 Å². The van der Waals surface area contributed by atoms with Gasteiger partial charge in [-0.15, -0.1) is 6.58 Å². The molecule has 3 nitrogen and oxygen atoms in total. The van der Waals surface area contributed by atoms with Crippen molar-refractivity contribution in [3.05, 3.63) is 25.1 Å². The van der Waals surface area contributed by atoms with E-state index in [1.807, 2.05) is 19.2 Å². The predicted molar refractivity (Wildman–Crippen MR) is 97.2 cm³/mol. The zero-order valence-electron chi connectivity index (χ0n) is 14.6. The summed E-state index contributed by atoms with van der Waals surface area (Å²) >= 11 is 0. The van der Waals surface area contributed by atoms with Gasteiger partial charge in [-0.3, -0.25) is 0 Å². The quantitative estimate of drug-likeness (QED) is 0.356. The Bertz CT molecular complexity index is 299. The van der Waals surface area contributed by atoms with Crippen LogP contribution in [0.5, 0.6) is 0 Å². The van der Waals surface area contributed by atoms with Gasteiger partial charge in [-0.25, -0.2) is 0 Å². The maximum absolute atomic E-state index is 5.95. The first kappa shape index (κ1) is 19.1. The first-order chi connectivity index (χ1) is 10.8.